The maximum atomic E-state index is 12.0. The van der Waals surface area contributed by atoms with Crippen molar-refractivity contribution >= 4 is 15.9 Å². The van der Waals surface area contributed by atoms with Crippen molar-refractivity contribution in [2.24, 2.45) is 11.1 Å². The van der Waals surface area contributed by atoms with Gasteiger partial charge in [-0.15, -0.1) is 0 Å². The summed E-state index contributed by atoms with van der Waals surface area (Å²) in [7, 11) is -3.12. The molecule has 6 nitrogen and oxygen atoms in total. The minimum Gasteiger partial charge on any atom is -0.352 e. The van der Waals surface area contributed by atoms with Gasteiger partial charge in [0.05, 0.1) is 12.3 Å². The van der Waals surface area contributed by atoms with Crippen LogP contribution in [0.5, 0.6) is 0 Å². The molecule has 0 saturated carbocycles. The van der Waals surface area contributed by atoms with Gasteiger partial charge in [0.15, 0.2) is 0 Å². The van der Waals surface area contributed by atoms with Crippen molar-refractivity contribution in [2.75, 3.05) is 19.3 Å². The summed E-state index contributed by atoms with van der Waals surface area (Å²) < 4.78 is 24.2. The van der Waals surface area contributed by atoms with Crippen LogP contribution in [-0.4, -0.2) is 50.1 Å². The minimum atomic E-state index is -3.12. The highest BCUT2D eigenvalue weighted by Crippen LogP contribution is 2.18. The van der Waals surface area contributed by atoms with E-state index in [1.165, 1.54) is 10.6 Å². The van der Waals surface area contributed by atoms with E-state index in [2.05, 4.69) is 5.32 Å². The molecule has 1 aliphatic heterocycles. The highest BCUT2D eigenvalue weighted by molar-refractivity contribution is 7.88. The van der Waals surface area contributed by atoms with Crippen LogP contribution in [-0.2, 0) is 14.8 Å². The SMILES string of the molecule is CC(C)(C)[C@@H](N)C(=O)NC1CCN(S(C)(=O)=O)CC1. The monoisotopic (exact) mass is 291 g/mol. The van der Waals surface area contributed by atoms with Gasteiger partial charge in [0.2, 0.25) is 15.9 Å². The molecule has 1 rings (SSSR count). The second-order valence-corrected chi connectivity index (χ2v) is 8.27. The molecule has 1 atom stereocenters. The van der Waals surface area contributed by atoms with Gasteiger partial charge in [-0.25, -0.2) is 12.7 Å². The fourth-order valence-electron chi connectivity index (χ4n) is 2.02. The van der Waals surface area contributed by atoms with Crippen LogP contribution in [0.2, 0.25) is 0 Å². The van der Waals surface area contributed by atoms with E-state index < -0.39 is 16.1 Å². The van der Waals surface area contributed by atoms with E-state index in [0.717, 1.165) is 0 Å². The molecule has 19 heavy (non-hydrogen) atoms. The average Bonchev–Trinajstić information content (AvgIpc) is 2.26. The van der Waals surface area contributed by atoms with Gasteiger partial charge in [-0.05, 0) is 18.3 Å². The highest BCUT2D eigenvalue weighted by Gasteiger charge is 2.31. The Balaban J connectivity index is 2.48. The van der Waals surface area contributed by atoms with E-state index in [4.69, 9.17) is 5.73 Å². The van der Waals surface area contributed by atoms with Crippen molar-refractivity contribution in [1.29, 1.82) is 0 Å². The van der Waals surface area contributed by atoms with Gasteiger partial charge in [0.1, 0.15) is 0 Å². The fraction of sp³-hybridized carbons (Fsp3) is 0.917. The molecule has 0 bridgehead atoms. The summed E-state index contributed by atoms with van der Waals surface area (Å²) in [6.07, 6.45) is 2.48. The zero-order chi connectivity index (χ0) is 14.8. The Bertz CT molecular complexity index is 420. The van der Waals surface area contributed by atoms with Gasteiger partial charge in [-0.2, -0.15) is 0 Å². The Labute approximate surface area is 115 Å². The molecule has 0 spiro atoms. The Morgan fingerprint density at radius 3 is 2.16 bits per heavy atom. The van der Waals surface area contributed by atoms with Gasteiger partial charge in [0.25, 0.3) is 0 Å². The number of hydrogen-bond donors (Lipinski definition) is 2. The van der Waals surface area contributed by atoms with E-state index in [9.17, 15) is 13.2 Å². The molecule has 1 saturated heterocycles. The van der Waals surface area contributed by atoms with Gasteiger partial charge < -0.3 is 11.1 Å². The van der Waals surface area contributed by atoms with Crippen LogP contribution in [0, 0.1) is 5.41 Å². The number of nitrogens with two attached hydrogens (primary N) is 1. The Hall–Kier alpha value is -0.660. The van der Waals surface area contributed by atoms with E-state index in [-0.39, 0.29) is 17.4 Å². The quantitative estimate of drug-likeness (QED) is 0.759. The van der Waals surface area contributed by atoms with E-state index >= 15 is 0 Å². The van der Waals surface area contributed by atoms with Gasteiger partial charge in [-0.1, -0.05) is 20.8 Å². The standard InChI is InChI=1S/C12H25N3O3S/c1-12(2,3)10(13)11(16)14-9-5-7-15(8-6-9)19(4,17)18/h9-10H,5-8,13H2,1-4H3,(H,14,16)/t10-/m0/s1. The fourth-order valence-corrected chi connectivity index (χ4v) is 2.89. The van der Waals surface area contributed by atoms with Crippen molar-refractivity contribution in [2.45, 2.75) is 45.7 Å². The smallest absolute Gasteiger partial charge is 0.237 e. The number of nitrogens with one attached hydrogen (secondary N) is 1. The number of carbonyl (C=O) groups is 1. The maximum absolute atomic E-state index is 12.0. The normalized spacial score (nSPS) is 21.1. The molecule has 0 aromatic rings. The summed E-state index contributed by atoms with van der Waals surface area (Å²) >= 11 is 0. The molecular formula is C12H25N3O3S. The lowest BCUT2D eigenvalue weighted by molar-refractivity contribution is -0.125. The van der Waals surface area contributed by atoms with Crippen LogP contribution < -0.4 is 11.1 Å². The predicted molar refractivity (Wildman–Crippen MR) is 75.0 cm³/mol. The number of carbonyl (C=O) groups excluding carboxylic acids is 1. The van der Waals surface area contributed by atoms with Crippen LogP contribution >= 0.6 is 0 Å². The summed E-state index contributed by atoms with van der Waals surface area (Å²) in [5, 5.41) is 2.91. The molecule has 1 fully saturated rings. The summed E-state index contributed by atoms with van der Waals surface area (Å²) in [5.74, 6) is -0.162. The molecule has 1 aliphatic rings. The van der Waals surface area contributed by atoms with Crippen molar-refractivity contribution in [3.8, 4) is 0 Å². The predicted octanol–water partition coefficient (Wildman–Crippen LogP) is -0.1000. The lowest BCUT2D eigenvalue weighted by Crippen LogP contribution is -2.53. The van der Waals surface area contributed by atoms with Crippen LogP contribution in [0.4, 0.5) is 0 Å². The molecule has 0 unspecified atom stereocenters. The van der Waals surface area contributed by atoms with E-state index in [1.807, 2.05) is 20.8 Å². The van der Waals surface area contributed by atoms with Crippen LogP contribution in [0.25, 0.3) is 0 Å². The third-order valence-electron chi connectivity index (χ3n) is 3.48. The first-order chi connectivity index (χ1) is 8.51. The molecule has 0 aliphatic carbocycles. The number of nitrogens with zero attached hydrogens (tertiary/aromatic N) is 1. The van der Waals surface area contributed by atoms with Crippen LogP contribution in [0.15, 0.2) is 0 Å². The Kier molecular flexibility index (Phi) is 4.97. The number of hydrogen-bond acceptors (Lipinski definition) is 4. The second-order valence-electron chi connectivity index (χ2n) is 6.29. The number of amides is 1. The molecule has 7 heteroatoms. The molecule has 112 valence electrons. The Morgan fingerprint density at radius 1 is 1.32 bits per heavy atom. The van der Waals surface area contributed by atoms with E-state index in [1.54, 1.807) is 0 Å². The summed E-state index contributed by atoms with van der Waals surface area (Å²) in [6.45, 7) is 6.67. The van der Waals surface area contributed by atoms with Crippen molar-refractivity contribution < 1.29 is 13.2 Å². The third-order valence-corrected chi connectivity index (χ3v) is 4.79. The molecule has 0 aromatic carbocycles. The first-order valence-electron chi connectivity index (χ1n) is 6.53. The van der Waals surface area contributed by atoms with E-state index in [0.29, 0.717) is 25.9 Å². The summed E-state index contributed by atoms with van der Waals surface area (Å²) in [5.41, 5.74) is 5.61. The van der Waals surface area contributed by atoms with Crippen LogP contribution in [0.1, 0.15) is 33.6 Å². The molecule has 0 aromatic heterocycles. The molecule has 0 radical (unpaired) electrons. The molecule has 3 N–H and O–H groups in total. The van der Waals surface area contributed by atoms with Crippen molar-refractivity contribution in [3.05, 3.63) is 0 Å². The summed E-state index contributed by atoms with van der Waals surface area (Å²) in [4.78, 5) is 12.0. The topological polar surface area (TPSA) is 92.5 Å². The number of piperidine rings is 1. The second kappa shape index (κ2) is 5.76. The minimum absolute atomic E-state index is 0.0129. The van der Waals surface area contributed by atoms with Crippen molar-refractivity contribution in [1.82, 2.24) is 9.62 Å². The Morgan fingerprint density at radius 2 is 1.79 bits per heavy atom. The van der Waals surface area contributed by atoms with Gasteiger partial charge >= 0.3 is 0 Å². The lowest BCUT2D eigenvalue weighted by Gasteiger charge is -2.33. The molecular weight excluding hydrogens is 266 g/mol. The average molecular weight is 291 g/mol. The highest BCUT2D eigenvalue weighted by atomic mass is 32.2. The lowest BCUT2D eigenvalue weighted by atomic mass is 9.86. The van der Waals surface area contributed by atoms with Gasteiger partial charge in [-0.3, -0.25) is 4.79 Å². The number of rotatable bonds is 3. The number of sulfonamides is 1. The summed E-state index contributed by atoms with van der Waals surface area (Å²) in [6, 6.07) is -0.542. The first kappa shape index (κ1) is 16.4. The van der Waals surface area contributed by atoms with Gasteiger partial charge in [0, 0.05) is 19.1 Å². The van der Waals surface area contributed by atoms with Crippen LogP contribution in [0.3, 0.4) is 0 Å². The zero-order valence-electron chi connectivity index (χ0n) is 12.1. The maximum Gasteiger partial charge on any atom is 0.237 e. The van der Waals surface area contributed by atoms with Crippen molar-refractivity contribution in [3.63, 3.8) is 0 Å². The largest absolute Gasteiger partial charge is 0.352 e. The third kappa shape index (κ3) is 4.74. The molecule has 1 amide bonds. The molecule has 1 heterocycles. The zero-order valence-corrected chi connectivity index (χ0v) is 13.0. The first-order valence-corrected chi connectivity index (χ1v) is 8.37.